The lowest BCUT2D eigenvalue weighted by atomic mass is 9.74. The predicted molar refractivity (Wildman–Crippen MR) is 192 cm³/mol. The van der Waals surface area contributed by atoms with Gasteiger partial charge in [-0.25, -0.2) is 0 Å². The third kappa shape index (κ3) is 3.16. The summed E-state index contributed by atoms with van der Waals surface area (Å²) in [6.07, 6.45) is 0.719. The van der Waals surface area contributed by atoms with Gasteiger partial charge < -0.3 is 0 Å². The van der Waals surface area contributed by atoms with E-state index >= 15 is 0 Å². The minimum absolute atomic E-state index is 0.153. The molecule has 0 aromatic heterocycles. The molecule has 46 heavy (non-hydrogen) atoms. The Morgan fingerprint density at radius 2 is 0.761 bits per heavy atom. The third-order valence-electron chi connectivity index (χ3n) is 10.5. The first-order valence-corrected chi connectivity index (χ1v) is 16.3. The molecule has 2 aliphatic carbocycles. The molecule has 0 unspecified atom stereocenters. The molecule has 2 aliphatic rings. The van der Waals surface area contributed by atoms with E-state index in [2.05, 4.69) is 109 Å². The predicted octanol–water partition coefficient (Wildman–Crippen LogP) is 11.3. The van der Waals surface area contributed by atoms with Crippen molar-refractivity contribution in [3.05, 3.63) is 131 Å². The van der Waals surface area contributed by atoms with Crippen molar-refractivity contribution in [3.63, 3.8) is 0 Å². The maximum absolute atomic E-state index is 13.9. The van der Waals surface area contributed by atoms with Gasteiger partial charge in [-0.1, -0.05) is 98.8 Å². The zero-order valence-corrected chi connectivity index (χ0v) is 25.6. The third-order valence-corrected chi connectivity index (χ3v) is 10.5. The Bertz CT molecular complexity index is 2570. The van der Waals surface area contributed by atoms with Crippen molar-refractivity contribution in [2.75, 3.05) is 0 Å². The fourth-order valence-corrected chi connectivity index (χ4v) is 8.62. The van der Waals surface area contributed by atoms with Crippen LogP contribution in [-0.2, 0) is 12.8 Å². The number of carbonyl (C=O) groups excluding carboxylic acids is 2. The number of benzene rings is 9. The topological polar surface area (TPSA) is 34.1 Å². The molecule has 2 nitrogen and oxygen atoms in total. The highest BCUT2D eigenvalue weighted by Gasteiger charge is 2.32. The summed E-state index contributed by atoms with van der Waals surface area (Å²) in [4.78, 5) is 27.7. The Balaban J connectivity index is 0.00000135. The molecule has 0 bridgehead atoms. The van der Waals surface area contributed by atoms with E-state index in [4.69, 9.17) is 0 Å². The highest BCUT2D eigenvalue weighted by atomic mass is 16.1. The monoisotopic (exact) mass is 588 g/mol. The minimum atomic E-state index is 0.153. The smallest absolute Gasteiger partial charge is 0.167 e. The van der Waals surface area contributed by atoms with E-state index in [0.29, 0.717) is 12.8 Å². The molecular weight excluding hydrogens is 560 g/mol. The number of hydrogen-bond acceptors (Lipinski definition) is 2. The molecule has 0 amide bonds. The van der Waals surface area contributed by atoms with Gasteiger partial charge in [0.2, 0.25) is 0 Å². The average Bonchev–Trinajstić information content (AvgIpc) is 3.10. The Labute approximate surface area is 265 Å². The lowest BCUT2D eigenvalue weighted by molar-refractivity contribution is 0.0982. The van der Waals surface area contributed by atoms with Crippen LogP contribution < -0.4 is 0 Å². The first kappa shape index (κ1) is 25.7. The van der Waals surface area contributed by atoms with E-state index in [1.165, 1.54) is 43.1 Å². The van der Waals surface area contributed by atoms with Crippen LogP contribution in [0.3, 0.4) is 0 Å². The van der Waals surface area contributed by atoms with Gasteiger partial charge >= 0.3 is 0 Å². The normalized spacial score (nSPS) is 13.8. The van der Waals surface area contributed by atoms with E-state index < -0.39 is 0 Å². The fraction of sp³-hybridized carbons (Fsp3) is 0.0909. The second-order valence-corrected chi connectivity index (χ2v) is 12.7. The van der Waals surface area contributed by atoms with Gasteiger partial charge in [0.25, 0.3) is 0 Å². The average molecular weight is 589 g/mol. The van der Waals surface area contributed by atoms with Gasteiger partial charge in [0.15, 0.2) is 11.6 Å². The zero-order chi connectivity index (χ0) is 30.8. The maximum atomic E-state index is 13.9. The fourth-order valence-electron chi connectivity index (χ4n) is 8.62. The standard InChI is InChI=1S/C42H22O2.C2H6/c43-35-19-27-18-32-28(17-31(27)41-29-13-11-23-5-1-3-21-7-9-25(15-33(35)41)39(29)37(21)23)20-36(44)34-16-26-10-8-22-4-2-6-24-12-14-30(42(32)34)40(26)38(22)24;1-2/h1-18H,19-20H2;1-2H3. The Kier molecular flexibility index (Phi) is 5.02. The van der Waals surface area contributed by atoms with Gasteiger partial charge in [0.1, 0.15) is 0 Å². The van der Waals surface area contributed by atoms with Crippen molar-refractivity contribution in [2.45, 2.75) is 26.7 Å². The molecule has 0 heterocycles. The first-order chi connectivity index (χ1) is 22.6. The van der Waals surface area contributed by atoms with Crippen molar-refractivity contribution in [3.8, 4) is 22.3 Å². The molecule has 0 radical (unpaired) electrons. The molecule has 9 aromatic rings. The maximum Gasteiger partial charge on any atom is 0.167 e. The highest BCUT2D eigenvalue weighted by Crippen LogP contribution is 2.49. The van der Waals surface area contributed by atoms with E-state index in [9.17, 15) is 9.59 Å². The van der Waals surface area contributed by atoms with Crippen molar-refractivity contribution in [1.29, 1.82) is 0 Å². The van der Waals surface area contributed by atoms with Crippen LogP contribution in [0.15, 0.2) is 109 Å². The molecule has 9 aromatic carbocycles. The summed E-state index contributed by atoms with van der Waals surface area (Å²) in [6.45, 7) is 4.00. The molecule has 11 rings (SSSR count). The summed E-state index contributed by atoms with van der Waals surface area (Å²) in [5.74, 6) is 0.306. The number of Topliss-reactive ketones (excluding diaryl/α,β-unsaturated/α-hetero) is 2. The summed E-state index contributed by atoms with van der Waals surface area (Å²) in [5.41, 5.74) is 7.86. The summed E-state index contributed by atoms with van der Waals surface area (Å²) >= 11 is 0. The van der Waals surface area contributed by atoms with E-state index in [-0.39, 0.29) is 11.6 Å². The minimum Gasteiger partial charge on any atom is -0.294 e. The van der Waals surface area contributed by atoms with Gasteiger partial charge in [-0.15, -0.1) is 0 Å². The number of ketones is 2. The van der Waals surface area contributed by atoms with E-state index in [1.54, 1.807) is 0 Å². The second-order valence-electron chi connectivity index (χ2n) is 12.7. The zero-order valence-electron chi connectivity index (χ0n) is 25.6. The van der Waals surface area contributed by atoms with Crippen LogP contribution in [-0.4, -0.2) is 11.6 Å². The Morgan fingerprint density at radius 3 is 1.17 bits per heavy atom. The molecule has 0 fully saturated rings. The van der Waals surface area contributed by atoms with Crippen LogP contribution in [0.2, 0.25) is 0 Å². The summed E-state index contributed by atoms with van der Waals surface area (Å²) in [5, 5.41) is 14.2. The van der Waals surface area contributed by atoms with Gasteiger partial charge in [-0.2, -0.15) is 0 Å². The van der Waals surface area contributed by atoms with Crippen LogP contribution in [0.1, 0.15) is 45.7 Å². The van der Waals surface area contributed by atoms with Gasteiger partial charge in [-0.05, 0) is 111 Å². The van der Waals surface area contributed by atoms with Crippen LogP contribution in [0.25, 0.3) is 86.9 Å². The molecule has 0 atom stereocenters. The molecular formula is C44H28O2. The van der Waals surface area contributed by atoms with Crippen LogP contribution in [0.5, 0.6) is 0 Å². The molecule has 0 N–H and O–H groups in total. The summed E-state index contributed by atoms with van der Waals surface area (Å²) < 4.78 is 0. The highest BCUT2D eigenvalue weighted by molar-refractivity contribution is 6.31. The molecule has 0 saturated carbocycles. The lowest BCUT2D eigenvalue weighted by Gasteiger charge is -2.28. The Morgan fingerprint density at radius 1 is 0.391 bits per heavy atom. The summed E-state index contributed by atoms with van der Waals surface area (Å²) in [6, 6.07) is 38.9. The van der Waals surface area contributed by atoms with Crippen LogP contribution >= 0.6 is 0 Å². The largest absolute Gasteiger partial charge is 0.294 e. The van der Waals surface area contributed by atoms with Gasteiger partial charge in [0.05, 0.1) is 0 Å². The first-order valence-electron chi connectivity index (χ1n) is 16.3. The van der Waals surface area contributed by atoms with Gasteiger partial charge in [-0.3, -0.25) is 9.59 Å². The quantitative estimate of drug-likeness (QED) is 0.165. The van der Waals surface area contributed by atoms with Crippen molar-refractivity contribution in [1.82, 2.24) is 0 Å². The van der Waals surface area contributed by atoms with Crippen molar-refractivity contribution < 1.29 is 9.59 Å². The Hall–Kier alpha value is -5.60. The number of rotatable bonds is 0. The molecule has 2 heteroatoms. The number of carbonyl (C=O) groups is 2. The number of hydrogen-bond donors (Lipinski definition) is 0. The SMILES string of the molecule is CC.O=C1Cc2cc3c(cc2-c2c1cc1ccc4cccc5ccc2c1c45)CC(=O)c1cc2ccc4cccc5ccc(c1-3)c2c45. The molecule has 0 saturated heterocycles. The second kappa shape index (κ2) is 8.99. The molecule has 0 spiro atoms. The van der Waals surface area contributed by atoms with Crippen molar-refractivity contribution in [2.24, 2.45) is 0 Å². The lowest BCUT2D eigenvalue weighted by Crippen LogP contribution is -2.17. The number of fused-ring (bicyclic) bond motifs is 8. The summed E-state index contributed by atoms with van der Waals surface area (Å²) in [7, 11) is 0. The molecule has 0 aliphatic heterocycles. The van der Waals surface area contributed by atoms with Crippen LogP contribution in [0, 0.1) is 0 Å². The van der Waals surface area contributed by atoms with Crippen LogP contribution in [0.4, 0.5) is 0 Å². The van der Waals surface area contributed by atoms with Crippen molar-refractivity contribution >= 4 is 76.2 Å². The van der Waals surface area contributed by atoms with E-state index in [0.717, 1.165) is 66.1 Å². The molecule has 216 valence electrons. The van der Waals surface area contributed by atoms with Gasteiger partial charge in [0, 0.05) is 35.1 Å². The van der Waals surface area contributed by atoms with E-state index in [1.807, 2.05) is 13.8 Å².